The van der Waals surface area contributed by atoms with Gasteiger partial charge in [0.1, 0.15) is 11.5 Å². The number of amides is 2. The zero-order valence-electron chi connectivity index (χ0n) is 24.1. The number of carbonyl (C=O) groups is 2. The molecular formula is C32H36F3N3O5. The van der Waals surface area contributed by atoms with Gasteiger partial charge in [0.25, 0.3) is 5.91 Å². The van der Waals surface area contributed by atoms with Gasteiger partial charge >= 0.3 is 6.36 Å². The van der Waals surface area contributed by atoms with E-state index >= 15 is 0 Å². The highest BCUT2D eigenvalue weighted by molar-refractivity contribution is 5.99. The number of carbonyl (C=O) groups excluding carboxylic acids is 2. The number of nitrogens with one attached hydrogen (secondary N) is 2. The van der Waals surface area contributed by atoms with Crippen molar-refractivity contribution in [3.05, 3.63) is 89.5 Å². The monoisotopic (exact) mass is 599 g/mol. The van der Waals surface area contributed by atoms with Crippen LogP contribution in [0, 0.1) is 0 Å². The van der Waals surface area contributed by atoms with E-state index in [0.29, 0.717) is 36.4 Å². The quantitative estimate of drug-likeness (QED) is 0.256. The zero-order chi connectivity index (χ0) is 31.0. The standard InChI is InChI=1S/C32H36F3N3O5/c1-21(2)42-27-17-24(16-25(18-27)38-13-7-12-30(38)40)31(41)37-28(15-22-8-4-3-5-9-22)29(39)20-36-19-23-10-6-11-26(14-23)43-32(33,34)35/h3-6,8-11,14,16-18,21,28-29,36,39H,7,12-13,15,19-20H2,1-2H3,(H,37,41)/t28-,29+/m0/s1. The van der Waals surface area contributed by atoms with Gasteiger partial charge in [0.15, 0.2) is 0 Å². The first kappa shape index (κ1) is 31.8. The molecular weight excluding hydrogens is 563 g/mol. The van der Waals surface area contributed by atoms with E-state index in [9.17, 15) is 27.9 Å². The second-order valence-corrected chi connectivity index (χ2v) is 10.7. The Labute approximate surface area is 248 Å². The summed E-state index contributed by atoms with van der Waals surface area (Å²) in [6.07, 6.45) is -4.50. The van der Waals surface area contributed by atoms with Crippen molar-refractivity contribution >= 4 is 17.5 Å². The third-order valence-electron chi connectivity index (χ3n) is 6.80. The van der Waals surface area contributed by atoms with Gasteiger partial charge < -0.3 is 30.1 Å². The van der Waals surface area contributed by atoms with E-state index in [4.69, 9.17) is 4.74 Å². The number of rotatable bonds is 13. The molecule has 0 aromatic heterocycles. The number of halogens is 3. The third kappa shape index (κ3) is 9.72. The van der Waals surface area contributed by atoms with Crippen LogP contribution >= 0.6 is 0 Å². The summed E-state index contributed by atoms with van der Waals surface area (Å²) < 4.78 is 47.6. The van der Waals surface area contributed by atoms with Crippen LogP contribution in [0.3, 0.4) is 0 Å². The zero-order valence-corrected chi connectivity index (χ0v) is 24.1. The van der Waals surface area contributed by atoms with Crippen molar-refractivity contribution in [2.24, 2.45) is 0 Å². The molecule has 0 spiro atoms. The van der Waals surface area contributed by atoms with E-state index in [2.05, 4.69) is 15.4 Å². The average Bonchev–Trinajstić information content (AvgIpc) is 3.37. The van der Waals surface area contributed by atoms with Gasteiger partial charge in [-0.3, -0.25) is 9.59 Å². The number of aliphatic hydroxyl groups excluding tert-OH is 1. The van der Waals surface area contributed by atoms with Crippen LogP contribution in [0.25, 0.3) is 0 Å². The molecule has 230 valence electrons. The summed E-state index contributed by atoms with van der Waals surface area (Å²) in [7, 11) is 0. The Bertz CT molecular complexity index is 1380. The minimum Gasteiger partial charge on any atom is -0.491 e. The highest BCUT2D eigenvalue weighted by Crippen LogP contribution is 2.29. The second kappa shape index (κ2) is 14.4. The first-order valence-electron chi connectivity index (χ1n) is 14.2. The largest absolute Gasteiger partial charge is 0.573 e. The van der Waals surface area contributed by atoms with E-state index in [1.54, 1.807) is 29.2 Å². The molecule has 0 radical (unpaired) electrons. The molecule has 3 aromatic rings. The number of benzene rings is 3. The molecule has 3 aromatic carbocycles. The van der Waals surface area contributed by atoms with Crippen molar-refractivity contribution in [1.82, 2.24) is 10.6 Å². The Morgan fingerprint density at radius 1 is 1.00 bits per heavy atom. The van der Waals surface area contributed by atoms with Gasteiger partial charge in [-0.15, -0.1) is 13.2 Å². The van der Waals surface area contributed by atoms with Gasteiger partial charge in [-0.2, -0.15) is 0 Å². The van der Waals surface area contributed by atoms with Crippen LogP contribution < -0.4 is 25.0 Å². The lowest BCUT2D eigenvalue weighted by atomic mass is 10.00. The average molecular weight is 600 g/mol. The second-order valence-electron chi connectivity index (χ2n) is 10.7. The first-order chi connectivity index (χ1) is 20.5. The van der Waals surface area contributed by atoms with E-state index in [0.717, 1.165) is 12.0 Å². The minimum absolute atomic E-state index is 0.0213. The number of aliphatic hydroxyl groups is 1. The molecule has 1 fully saturated rings. The molecule has 2 amide bonds. The topological polar surface area (TPSA) is 100 Å². The molecule has 4 rings (SSSR count). The van der Waals surface area contributed by atoms with Crippen LogP contribution in [0.5, 0.6) is 11.5 Å². The molecule has 1 aliphatic rings. The predicted molar refractivity (Wildman–Crippen MR) is 156 cm³/mol. The summed E-state index contributed by atoms with van der Waals surface area (Å²) in [5.41, 5.74) is 2.28. The Hall–Kier alpha value is -4.09. The number of anilines is 1. The highest BCUT2D eigenvalue weighted by Gasteiger charge is 2.31. The molecule has 8 nitrogen and oxygen atoms in total. The van der Waals surface area contributed by atoms with Crippen molar-refractivity contribution in [2.75, 3.05) is 18.0 Å². The van der Waals surface area contributed by atoms with Crippen molar-refractivity contribution in [2.45, 2.75) is 64.3 Å². The maximum atomic E-state index is 13.6. The summed E-state index contributed by atoms with van der Waals surface area (Å²) in [5, 5.41) is 17.2. The number of hydrogen-bond acceptors (Lipinski definition) is 6. The Kier molecular flexibility index (Phi) is 10.7. The summed E-state index contributed by atoms with van der Waals surface area (Å²) in [4.78, 5) is 27.6. The lowest BCUT2D eigenvalue weighted by Crippen LogP contribution is -2.48. The molecule has 3 N–H and O–H groups in total. The lowest BCUT2D eigenvalue weighted by molar-refractivity contribution is -0.274. The van der Waals surface area contributed by atoms with Crippen molar-refractivity contribution in [3.8, 4) is 11.5 Å². The van der Waals surface area contributed by atoms with Crippen LogP contribution in [0.4, 0.5) is 18.9 Å². The van der Waals surface area contributed by atoms with E-state index < -0.39 is 24.4 Å². The molecule has 0 bridgehead atoms. The Balaban J connectivity index is 1.49. The summed E-state index contributed by atoms with van der Waals surface area (Å²) >= 11 is 0. The normalized spacial score (nSPS) is 15.0. The molecule has 1 heterocycles. The van der Waals surface area contributed by atoms with Crippen LogP contribution in [0.15, 0.2) is 72.8 Å². The predicted octanol–water partition coefficient (Wildman–Crippen LogP) is 4.99. The summed E-state index contributed by atoms with van der Waals surface area (Å²) in [6, 6.07) is 19.2. The molecule has 1 saturated heterocycles. The van der Waals surface area contributed by atoms with Gasteiger partial charge in [0, 0.05) is 43.4 Å². The van der Waals surface area contributed by atoms with Crippen LogP contribution in [-0.2, 0) is 17.8 Å². The number of ether oxygens (including phenoxy) is 2. The van der Waals surface area contributed by atoms with E-state index in [1.165, 1.54) is 18.2 Å². The van der Waals surface area contributed by atoms with Gasteiger partial charge in [-0.25, -0.2) is 0 Å². The Morgan fingerprint density at radius 2 is 1.74 bits per heavy atom. The first-order valence-corrected chi connectivity index (χ1v) is 14.2. The Morgan fingerprint density at radius 3 is 2.42 bits per heavy atom. The third-order valence-corrected chi connectivity index (χ3v) is 6.80. The fourth-order valence-electron chi connectivity index (χ4n) is 4.89. The molecule has 0 unspecified atom stereocenters. The SMILES string of the molecule is CC(C)Oc1cc(C(=O)N[C@@H](Cc2ccccc2)[C@H](O)CNCc2cccc(OC(F)(F)F)c2)cc(N2CCCC2=O)c1. The molecule has 0 aliphatic carbocycles. The van der Waals surface area contributed by atoms with Gasteiger partial charge in [-0.1, -0.05) is 42.5 Å². The van der Waals surface area contributed by atoms with Crippen LogP contribution in [-0.4, -0.2) is 54.6 Å². The fraction of sp³-hybridized carbons (Fsp3) is 0.375. The van der Waals surface area contributed by atoms with Gasteiger partial charge in [0.2, 0.25) is 5.91 Å². The summed E-state index contributed by atoms with van der Waals surface area (Å²) in [6.45, 7) is 4.50. The maximum absolute atomic E-state index is 13.6. The van der Waals surface area contributed by atoms with Crippen molar-refractivity contribution < 1.29 is 37.3 Å². The number of alkyl halides is 3. The van der Waals surface area contributed by atoms with Crippen LogP contribution in [0.1, 0.15) is 48.2 Å². The smallest absolute Gasteiger partial charge is 0.491 e. The summed E-state index contributed by atoms with van der Waals surface area (Å²) in [5.74, 6) is -0.345. The van der Waals surface area contributed by atoms with Gasteiger partial charge in [0.05, 0.1) is 18.2 Å². The lowest BCUT2D eigenvalue weighted by Gasteiger charge is -2.26. The molecule has 43 heavy (non-hydrogen) atoms. The highest BCUT2D eigenvalue weighted by atomic mass is 19.4. The maximum Gasteiger partial charge on any atom is 0.573 e. The fourth-order valence-corrected chi connectivity index (χ4v) is 4.89. The minimum atomic E-state index is -4.80. The molecule has 0 saturated carbocycles. The van der Waals surface area contributed by atoms with E-state index in [-0.39, 0.29) is 36.4 Å². The molecule has 2 atom stereocenters. The van der Waals surface area contributed by atoms with Gasteiger partial charge in [-0.05, 0) is 62.1 Å². The molecule has 1 aliphatic heterocycles. The van der Waals surface area contributed by atoms with Crippen molar-refractivity contribution in [1.29, 1.82) is 0 Å². The van der Waals surface area contributed by atoms with Crippen LogP contribution in [0.2, 0.25) is 0 Å². The molecule has 11 heteroatoms. The van der Waals surface area contributed by atoms with Crippen molar-refractivity contribution in [3.63, 3.8) is 0 Å². The van der Waals surface area contributed by atoms with E-state index in [1.807, 2.05) is 44.2 Å². The number of nitrogens with zero attached hydrogens (tertiary/aromatic N) is 1. The number of hydrogen-bond donors (Lipinski definition) is 3.